The van der Waals surface area contributed by atoms with Gasteiger partial charge in [0.1, 0.15) is 4.83 Å². The average Bonchev–Trinajstić information content (AvgIpc) is 2.88. The molecule has 5 nitrogen and oxygen atoms in total. The molecule has 1 aliphatic rings. The minimum absolute atomic E-state index is 0.0378. The summed E-state index contributed by atoms with van der Waals surface area (Å²) in [6.45, 7) is 3.64. The number of hydrogen-bond acceptors (Lipinski definition) is 5. The molecule has 0 radical (unpaired) electrons. The van der Waals surface area contributed by atoms with E-state index in [0.717, 1.165) is 28.1 Å². The Labute approximate surface area is 153 Å². The lowest BCUT2D eigenvalue weighted by atomic mass is 10.2. The van der Waals surface area contributed by atoms with Gasteiger partial charge < -0.3 is 9.47 Å². The maximum Gasteiger partial charge on any atom is 0.262 e. The molecule has 7 heteroatoms. The Kier molecular flexibility index (Phi) is 4.39. The number of aryl methyl sites for hydroxylation is 1. The molecule has 0 N–H and O–H groups in total. The second-order valence-electron chi connectivity index (χ2n) is 5.92. The van der Waals surface area contributed by atoms with E-state index in [-0.39, 0.29) is 5.56 Å². The number of hydrogen-bond donors (Lipinski definition) is 0. The van der Waals surface area contributed by atoms with Crippen LogP contribution in [0.5, 0.6) is 11.5 Å². The zero-order valence-corrected chi connectivity index (χ0v) is 15.3. The van der Waals surface area contributed by atoms with Crippen molar-refractivity contribution in [3.8, 4) is 11.5 Å². The molecule has 0 saturated heterocycles. The molecular formula is C18H17ClN2O3S. The van der Waals surface area contributed by atoms with Gasteiger partial charge >= 0.3 is 0 Å². The number of fused-ring (bicyclic) bond motifs is 2. The van der Waals surface area contributed by atoms with E-state index in [9.17, 15) is 4.79 Å². The van der Waals surface area contributed by atoms with Crippen LogP contribution in [0.1, 0.15) is 23.8 Å². The van der Waals surface area contributed by atoms with Crippen LogP contribution in [0.25, 0.3) is 10.2 Å². The lowest BCUT2D eigenvalue weighted by molar-refractivity contribution is 0.297. The molecule has 0 atom stereocenters. The number of halogens is 1. The van der Waals surface area contributed by atoms with Crippen molar-refractivity contribution in [1.29, 1.82) is 0 Å². The quantitative estimate of drug-likeness (QED) is 0.696. The van der Waals surface area contributed by atoms with Crippen molar-refractivity contribution in [2.75, 3.05) is 13.2 Å². The van der Waals surface area contributed by atoms with Crippen molar-refractivity contribution in [3.05, 3.63) is 50.3 Å². The molecule has 2 aromatic heterocycles. The zero-order valence-electron chi connectivity index (χ0n) is 13.8. The summed E-state index contributed by atoms with van der Waals surface area (Å²) < 4.78 is 13.0. The van der Waals surface area contributed by atoms with E-state index in [4.69, 9.17) is 21.1 Å². The van der Waals surface area contributed by atoms with E-state index >= 15 is 0 Å². The van der Waals surface area contributed by atoms with Crippen LogP contribution in [0.3, 0.4) is 0 Å². The van der Waals surface area contributed by atoms with Crippen LogP contribution in [-0.4, -0.2) is 22.8 Å². The topological polar surface area (TPSA) is 53.4 Å². The van der Waals surface area contributed by atoms with E-state index in [1.165, 1.54) is 0 Å². The van der Waals surface area contributed by atoms with E-state index < -0.39 is 0 Å². The first kappa shape index (κ1) is 16.4. The van der Waals surface area contributed by atoms with Crippen molar-refractivity contribution in [3.63, 3.8) is 0 Å². The van der Waals surface area contributed by atoms with Crippen LogP contribution in [0.4, 0.5) is 0 Å². The maximum absolute atomic E-state index is 12.7. The Morgan fingerprint density at radius 3 is 2.96 bits per heavy atom. The molecule has 1 aliphatic heterocycles. The largest absolute Gasteiger partial charge is 0.489 e. The third-order valence-electron chi connectivity index (χ3n) is 4.13. The molecular weight excluding hydrogens is 360 g/mol. The van der Waals surface area contributed by atoms with Crippen LogP contribution in [0, 0.1) is 0 Å². The normalized spacial score (nSPS) is 13.8. The Morgan fingerprint density at radius 1 is 1.28 bits per heavy atom. The van der Waals surface area contributed by atoms with E-state index in [1.54, 1.807) is 22.2 Å². The molecule has 1 aromatic carbocycles. The number of ether oxygens (including phenoxy) is 2. The minimum Gasteiger partial charge on any atom is -0.489 e. The predicted molar refractivity (Wildman–Crippen MR) is 99.4 cm³/mol. The van der Waals surface area contributed by atoms with Crippen LogP contribution in [0.2, 0.25) is 5.02 Å². The Bertz CT molecular complexity index is 996. The summed E-state index contributed by atoms with van der Waals surface area (Å²) in [6, 6.07) is 5.64. The van der Waals surface area contributed by atoms with E-state index in [0.29, 0.717) is 41.7 Å². The summed E-state index contributed by atoms with van der Waals surface area (Å²) in [5.41, 5.74) is 0.840. The lowest BCUT2D eigenvalue weighted by Gasteiger charge is -2.12. The van der Waals surface area contributed by atoms with Crippen molar-refractivity contribution >= 4 is 33.2 Å². The average molecular weight is 377 g/mol. The van der Waals surface area contributed by atoms with Gasteiger partial charge in [-0.05, 0) is 30.2 Å². The molecule has 0 aliphatic carbocycles. The molecule has 0 spiro atoms. The van der Waals surface area contributed by atoms with E-state index in [2.05, 4.69) is 11.9 Å². The monoisotopic (exact) mass is 376 g/mol. The summed E-state index contributed by atoms with van der Waals surface area (Å²) in [5, 5.41) is 1.17. The van der Waals surface area contributed by atoms with Gasteiger partial charge in [0.05, 0.1) is 36.5 Å². The van der Waals surface area contributed by atoms with Gasteiger partial charge in [0, 0.05) is 11.3 Å². The Morgan fingerprint density at radius 2 is 2.12 bits per heavy atom. The van der Waals surface area contributed by atoms with Gasteiger partial charge in [-0.25, -0.2) is 4.98 Å². The second-order valence-corrected chi connectivity index (χ2v) is 7.44. The SMILES string of the molecule is CCc1cc2c(=O)n(Cc3cc(Cl)c4c(c3)OCCCO4)cnc2s1. The summed E-state index contributed by atoms with van der Waals surface area (Å²) in [6.07, 6.45) is 3.31. The second kappa shape index (κ2) is 6.69. The molecule has 130 valence electrons. The number of aromatic nitrogens is 2. The first-order chi connectivity index (χ1) is 12.2. The van der Waals surface area contributed by atoms with Gasteiger partial charge in [-0.15, -0.1) is 11.3 Å². The fourth-order valence-electron chi connectivity index (χ4n) is 2.87. The molecule has 0 bridgehead atoms. The van der Waals surface area contributed by atoms with Crippen LogP contribution >= 0.6 is 22.9 Å². The van der Waals surface area contributed by atoms with Gasteiger partial charge in [0.15, 0.2) is 11.5 Å². The molecule has 0 fully saturated rings. The van der Waals surface area contributed by atoms with Crippen LogP contribution in [0.15, 0.2) is 29.3 Å². The Hall–Kier alpha value is -2.05. The molecule has 4 rings (SSSR count). The fourth-order valence-corrected chi connectivity index (χ4v) is 4.08. The molecule has 3 aromatic rings. The third kappa shape index (κ3) is 3.12. The highest BCUT2D eigenvalue weighted by Gasteiger charge is 2.16. The fraction of sp³-hybridized carbons (Fsp3) is 0.333. The van der Waals surface area contributed by atoms with E-state index in [1.807, 2.05) is 18.2 Å². The smallest absolute Gasteiger partial charge is 0.262 e. The van der Waals surface area contributed by atoms with Crippen molar-refractivity contribution in [2.24, 2.45) is 0 Å². The van der Waals surface area contributed by atoms with Crippen LogP contribution in [-0.2, 0) is 13.0 Å². The first-order valence-corrected chi connectivity index (χ1v) is 9.41. The molecule has 0 unspecified atom stereocenters. The van der Waals surface area contributed by atoms with Gasteiger partial charge in [0.25, 0.3) is 5.56 Å². The first-order valence-electron chi connectivity index (χ1n) is 8.21. The summed E-state index contributed by atoms with van der Waals surface area (Å²) >= 11 is 7.90. The molecule has 0 saturated carbocycles. The maximum atomic E-state index is 12.7. The van der Waals surface area contributed by atoms with Crippen molar-refractivity contribution in [2.45, 2.75) is 26.3 Å². The van der Waals surface area contributed by atoms with Gasteiger partial charge in [-0.2, -0.15) is 0 Å². The number of thiophene rings is 1. The lowest BCUT2D eigenvalue weighted by Crippen LogP contribution is -2.20. The predicted octanol–water partition coefficient (Wildman–Crippen LogP) is 3.88. The number of benzene rings is 1. The zero-order chi connectivity index (χ0) is 17.4. The molecule has 3 heterocycles. The number of nitrogens with zero attached hydrogens (tertiary/aromatic N) is 2. The van der Waals surface area contributed by atoms with Crippen molar-refractivity contribution in [1.82, 2.24) is 9.55 Å². The third-order valence-corrected chi connectivity index (χ3v) is 5.60. The number of rotatable bonds is 3. The highest BCUT2D eigenvalue weighted by molar-refractivity contribution is 7.18. The van der Waals surface area contributed by atoms with Crippen LogP contribution < -0.4 is 15.0 Å². The highest BCUT2D eigenvalue weighted by Crippen LogP contribution is 2.38. The molecule has 25 heavy (non-hydrogen) atoms. The summed E-state index contributed by atoms with van der Waals surface area (Å²) in [4.78, 5) is 19.1. The summed E-state index contributed by atoms with van der Waals surface area (Å²) in [5.74, 6) is 1.21. The standard InChI is InChI=1S/C18H17ClN2O3S/c1-2-12-8-13-17(25-12)20-10-21(18(13)22)9-11-6-14(19)16-15(7-11)23-4-3-5-24-16/h6-8,10H,2-5,9H2,1H3. The van der Waals surface area contributed by atoms with Gasteiger partial charge in [-0.1, -0.05) is 18.5 Å². The Balaban J connectivity index is 1.71. The minimum atomic E-state index is -0.0378. The molecule has 0 amide bonds. The van der Waals surface area contributed by atoms with Crippen molar-refractivity contribution < 1.29 is 9.47 Å². The highest BCUT2D eigenvalue weighted by atomic mass is 35.5. The van der Waals surface area contributed by atoms with Gasteiger partial charge in [-0.3, -0.25) is 9.36 Å². The summed E-state index contributed by atoms with van der Waals surface area (Å²) in [7, 11) is 0. The van der Waals surface area contributed by atoms with Gasteiger partial charge in [0.2, 0.25) is 0 Å².